The fourth-order valence-electron chi connectivity index (χ4n) is 1.41. The second-order valence-corrected chi connectivity index (χ2v) is 5.24. The lowest BCUT2D eigenvalue weighted by atomic mass is 10.1. The summed E-state index contributed by atoms with van der Waals surface area (Å²) < 4.78 is 18.5. The van der Waals surface area contributed by atoms with E-state index >= 15 is 0 Å². The lowest BCUT2D eigenvalue weighted by Crippen LogP contribution is -1.92. The van der Waals surface area contributed by atoms with Gasteiger partial charge in [-0.25, -0.2) is 4.39 Å². The highest BCUT2D eigenvalue weighted by Gasteiger charge is 2.19. The van der Waals surface area contributed by atoms with Crippen LogP contribution in [0, 0.1) is 15.9 Å². The van der Waals surface area contributed by atoms with E-state index in [1.807, 2.05) is 0 Å². The van der Waals surface area contributed by atoms with Crippen molar-refractivity contribution in [3.05, 3.63) is 62.1 Å². The molecule has 0 saturated heterocycles. The lowest BCUT2D eigenvalue weighted by Gasteiger charge is -2.07. The Bertz CT molecular complexity index is 600. The highest BCUT2D eigenvalue weighted by molar-refractivity contribution is 9.10. The largest absolute Gasteiger partial charge is 0.433 e. The summed E-state index contributed by atoms with van der Waals surface area (Å²) in [6, 6.07) is 7.26. The molecule has 1 heterocycles. The molecule has 1 unspecified atom stereocenters. The van der Waals surface area contributed by atoms with E-state index in [2.05, 4.69) is 31.9 Å². The topological polar surface area (TPSA) is 56.3 Å². The molecule has 0 aliphatic heterocycles. The number of benzene rings is 1. The number of alkyl halides is 1. The van der Waals surface area contributed by atoms with Crippen LogP contribution in [-0.2, 0) is 0 Å². The second kappa shape index (κ2) is 5.19. The second-order valence-electron chi connectivity index (χ2n) is 3.47. The van der Waals surface area contributed by atoms with Crippen molar-refractivity contribution in [1.29, 1.82) is 0 Å². The third kappa shape index (κ3) is 2.62. The van der Waals surface area contributed by atoms with Gasteiger partial charge in [0.1, 0.15) is 16.5 Å². The normalized spacial score (nSPS) is 12.4. The fourth-order valence-corrected chi connectivity index (χ4v) is 2.34. The quantitative estimate of drug-likeness (QED) is 0.446. The Morgan fingerprint density at radius 1 is 1.33 bits per heavy atom. The van der Waals surface area contributed by atoms with Gasteiger partial charge in [-0.05, 0) is 39.7 Å². The molecule has 0 amide bonds. The molecule has 2 aromatic rings. The average molecular weight is 379 g/mol. The van der Waals surface area contributed by atoms with Crippen molar-refractivity contribution < 1.29 is 13.7 Å². The van der Waals surface area contributed by atoms with Gasteiger partial charge in [-0.2, -0.15) is 0 Å². The number of hydrogen-bond acceptors (Lipinski definition) is 3. The Hall–Kier alpha value is -1.21. The minimum atomic E-state index is -0.607. The standard InChI is InChI=1S/C11H6Br2FNO3/c12-7-5-6(1-2-8(7)14)11(13)9-3-4-10(18-9)15(16)17/h1-5,11H. The van der Waals surface area contributed by atoms with E-state index in [1.54, 1.807) is 12.1 Å². The van der Waals surface area contributed by atoms with Gasteiger partial charge in [-0.15, -0.1) is 0 Å². The maximum absolute atomic E-state index is 13.1. The van der Waals surface area contributed by atoms with Gasteiger partial charge < -0.3 is 4.42 Å². The van der Waals surface area contributed by atoms with Crippen LogP contribution in [0.1, 0.15) is 16.2 Å². The summed E-state index contributed by atoms with van der Waals surface area (Å²) in [5, 5.41) is 10.5. The van der Waals surface area contributed by atoms with E-state index in [1.165, 1.54) is 18.2 Å². The summed E-state index contributed by atoms with van der Waals surface area (Å²) in [5.41, 5.74) is 0.729. The molecule has 7 heteroatoms. The number of hydrogen-bond donors (Lipinski definition) is 0. The first-order chi connectivity index (χ1) is 8.49. The SMILES string of the molecule is O=[N+]([O-])c1ccc(C(Br)c2ccc(F)c(Br)c2)o1. The van der Waals surface area contributed by atoms with E-state index in [0.717, 1.165) is 5.56 Å². The van der Waals surface area contributed by atoms with Crippen LogP contribution in [0.2, 0.25) is 0 Å². The first-order valence-corrected chi connectivity index (χ1v) is 6.53. The Kier molecular flexibility index (Phi) is 3.82. The van der Waals surface area contributed by atoms with Gasteiger partial charge >= 0.3 is 5.88 Å². The average Bonchev–Trinajstić information content (AvgIpc) is 2.81. The van der Waals surface area contributed by atoms with Crippen LogP contribution in [-0.4, -0.2) is 4.92 Å². The lowest BCUT2D eigenvalue weighted by molar-refractivity contribution is -0.402. The number of nitro groups is 1. The van der Waals surface area contributed by atoms with Crippen molar-refractivity contribution in [3.8, 4) is 0 Å². The maximum atomic E-state index is 13.1. The molecule has 1 atom stereocenters. The summed E-state index contributed by atoms with van der Waals surface area (Å²) in [6.45, 7) is 0. The van der Waals surface area contributed by atoms with Crippen LogP contribution in [0.5, 0.6) is 0 Å². The van der Waals surface area contributed by atoms with Gasteiger partial charge in [-0.1, -0.05) is 22.0 Å². The summed E-state index contributed by atoms with van der Waals surface area (Å²) in [6.07, 6.45) is 0. The van der Waals surface area contributed by atoms with Crippen LogP contribution in [0.25, 0.3) is 0 Å². The molecule has 2 rings (SSSR count). The zero-order chi connectivity index (χ0) is 13.3. The Morgan fingerprint density at radius 2 is 2.06 bits per heavy atom. The van der Waals surface area contributed by atoms with Crippen molar-refractivity contribution in [1.82, 2.24) is 0 Å². The third-order valence-electron chi connectivity index (χ3n) is 2.28. The monoisotopic (exact) mass is 377 g/mol. The zero-order valence-electron chi connectivity index (χ0n) is 8.77. The van der Waals surface area contributed by atoms with Crippen LogP contribution >= 0.6 is 31.9 Å². The smallest absolute Gasteiger partial charge is 0.404 e. The molecule has 18 heavy (non-hydrogen) atoms. The van der Waals surface area contributed by atoms with Crippen LogP contribution in [0.15, 0.2) is 39.2 Å². The van der Waals surface area contributed by atoms with Gasteiger partial charge in [0.15, 0.2) is 0 Å². The molecule has 4 nitrogen and oxygen atoms in total. The molecule has 0 bridgehead atoms. The number of nitrogens with zero attached hydrogens (tertiary/aromatic N) is 1. The van der Waals surface area contributed by atoms with E-state index in [-0.39, 0.29) is 16.5 Å². The van der Waals surface area contributed by atoms with Gasteiger partial charge in [0.2, 0.25) is 0 Å². The Balaban J connectivity index is 2.31. The molecule has 0 saturated carbocycles. The molecular formula is C11H6Br2FNO3. The zero-order valence-corrected chi connectivity index (χ0v) is 11.9. The first kappa shape index (κ1) is 13.2. The van der Waals surface area contributed by atoms with E-state index in [4.69, 9.17) is 4.42 Å². The van der Waals surface area contributed by atoms with Gasteiger partial charge in [-0.3, -0.25) is 10.1 Å². The van der Waals surface area contributed by atoms with Crippen molar-refractivity contribution >= 4 is 37.7 Å². The molecule has 0 N–H and O–H groups in total. The van der Waals surface area contributed by atoms with E-state index in [0.29, 0.717) is 10.2 Å². The van der Waals surface area contributed by atoms with Crippen molar-refractivity contribution in [2.24, 2.45) is 0 Å². The number of halogens is 3. The Labute approximate surface area is 118 Å². The molecular weight excluding hydrogens is 373 g/mol. The van der Waals surface area contributed by atoms with E-state index in [9.17, 15) is 14.5 Å². The third-order valence-corrected chi connectivity index (χ3v) is 3.87. The Morgan fingerprint density at radius 3 is 2.61 bits per heavy atom. The number of rotatable bonds is 3. The van der Waals surface area contributed by atoms with Crippen LogP contribution in [0.4, 0.5) is 10.3 Å². The van der Waals surface area contributed by atoms with Crippen molar-refractivity contribution in [3.63, 3.8) is 0 Å². The minimum absolute atomic E-state index is 0.323. The van der Waals surface area contributed by atoms with E-state index < -0.39 is 4.92 Å². The molecule has 0 radical (unpaired) electrons. The highest BCUT2D eigenvalue weighted by atomic mass is 79.9. The van der Waals surface area contributed by atoms with Gasteiger partial charge in [0.25, 0.3) is 0 Å². The molecule has 1 aromatic heterocycles. The summed E-state index contributed by atoms with van der Waals surface area (Å²) in [5.74, 6) is -0.306. The van der Waals surface area contributed by atoms with Crippen LogP contribution < -0.4 is 0 Å². The molecule has 0 aliphatic carbocycles. The van der Waals surface area contributed by atoms with Crippen molar-refractivity contribution in [2.75, 3.05) is 0 Å². The predicted molar refractivity (Wildman–Crippen MR) is 70.2 cm³/mol. The number of furan rings is 1. The fraction of sp³-hybridized carbons (Fsp3) is 0.0909. The van der Waals surface area contributed by atoms with Crippen LogP contribution in [0.3, 0.4) is 0 Å². The first-order valence-electron chi connectivity index (χ1n) is 4.82. The van der Waals surface area contributed by atoms with Gasteiger partial charge in [0, 0.05) is 0 Å². The van der Waals surface area contributed by atoms with Crippen molar-refractivity contribution in [2.45, 2.75) is 4.83 Å². The molecule has 0 aliphatic rings. The molecule has 94 valence electrons. The maximum Gasteiger partial charge on any atom is 0.433 e. The molecule has 0 fully saturated rings. The molecule has 1 aromatic carbocycles. The summed E-state index contributed by atoms with van der Waals surface area (Å²) in [4.78, 5) is 9.53. The predicted octanol–water partition coefficient (Wildman–Crippen LogP) is 4.57. The molecule has 0 spiro atoms. The minimum Gasteiger partial charge on any atom is -0.404 e. The highest BCUT2D eigenvalue weighted by Crippen LogP contribution is 2.35. The summed E-state index contributed by atoms with van der Waals surface area (Å²) >= 11 is 6.44. The summed E-state index contributed by atoms with van der Waals surface area (Å²) in [7, 11) is 0. The van der Waals surface area contributed by atoms with Gasteiger partial charge in [0.05, 0.1) is 15.4 Å².